The van der Waals surface area contributed by atoms with E-state index >= 15 is 0 Å². The molecule has 1 atom stereocenters. The fraction of sp³-hybridized carbons (Fsp3) is 0.611. The van der Waals surface area contributed by atoms with Crippen LogP contribution in [0.4, 0.5) is 4.39 Å². The van der Waals surface area contributed by atoms with E-state index in [2.05, 4.69) is 0 Å². The molecule has 1 amide bonds. The van der Waals surface area contributed by atoms with E-state index in [0.717, 1.165) is 18.6 Å². The third-order valence-corrected chi connectivity index (χ3v) is 6.34. The summed E-state index contributed by atoms with van der Waals surface area (Å²) in [5, 5.41) is 0. The summed E-state index contributed by atoms with van der Waals surface area (Å²) >= 11 is 0. The lowest BCUT2D eigenvalue weighted by atomic mass is 10.0. The molecule has 0 aliphatic heterocycles. The van der Waals surface area contributed by atoms with Crippen LogP contribution >= 0.6 is 0 Å². The number of sulfonamides is 1. The first-order chi connectivity index (χ1) is 12.1. The molecule has 1 unspecified atom stereocenters. The van der Waals surface area contributed by atoms with Crippen molar-refractivity contribution in [2.45, 2.75) is 44.0 Å². The highest BCUT2D eigenvalue weighted by atomic mass is 32.2. The molecule has 0 spiro atoms. The van der Waals surface area contributed by atoms with Gasteiger partial charge in [0.05, 0.1) is 4.90 Å². The van der Waals surface area contributed by atoms with Gasteiger partial charge in [-0.3, -0.25) is 4.79 Å². The van der Waals surface area contributed by atoms with Gasteiger partial charge in [0.25, 0.3) is 0 Å². The van der Waals surface area contributed by atoms with E-state index in [1.165, 1.54) is 23.5 Å². The first-order valence-corrected chi connectivity index (χ1v) is 10.2. The van der Waals surface area contributed by atoms with Gasteiger partial charge < -0.3 is 10.6 Å². The van der Waals surface area contributed by atoms with Crippen molar-refractivity contribution in [2.75, 3.05) is 27.2 Å². The van der Waals surface area contributed by atoms with Gasteiger partial charge in [0, 0.05) is 39.6 Å². The lowest BCUT2D eigenvalue weighted by Gasteiger charge is -2.22. The van der Waals surface area contributed by atoms with Crippen LogP contribution in [0.2, 0.25) is 0 Å². The quantitative estimate of drug-likeness (QED) is 0.666. The Bertz CT molecular complexity index is 677. The molecule has 0 radical (unpaired) electrons. The number of rotatable bonds is 10. The predicted molar refractivity (Wildman–Crippen MR) is 101 cm³/mol. The first kappa shape index (κ1) is 22.5. The van der Waals surface area contributed by atoms with Crippen molar-refractivity contribution in [3.05, 3.63) is 30.1 Å². The Kier molecular flexibility index (Phi) is 8.66. The topological polar surface area (TPSA) is 83.7 Å². The summed E-state index contributed by atoms with van der Waals surface area (Å²) in [6.45, 7) is 4.89. The molecular formula is C18H30FN3O3S. The maximum Gasteiger partial charge on any atom is 0.242 e. The van der Waals surface area contributed by atoms with Gasteiger partial charge in [-0.25, -0.2) is 17.1 Å². The third kappa shape index (κ3) is 6.66. The molecule has 2 N–H and O–H groups in total. The summed E-state index contributed by atoms with van der Waals surface area (Å²) in [6, 6.07) is 4.75. The van der Waals surface area contributed by atoms with Gasteiger partial charge in [-0.15, -0.1) is 0 Å². The van der Waals surface area contributed by atoms with Crippen LogP contribution < -0.4 is 5.73 Å². The lowest BCUT2D eigenvalue weighted by Crippen LogP contribution is -2.35. The van der Waals surface area contributed by atoms with E-state index in [0.29, 0.717) is 18.9 Å². The maximum absolute atomic E-state index is 12.9. The Morgan fingerprint density at radius 3 is 2.27 bits per heavy atom. The van der Waals surface area contributed by atoms with Gasteiger partial charge in [-0.05, 0) is 43.0 Å². The molecule has 0 fully saturated rings. The summed E-state index contributed by atoms with van der Waals surface area (Å²) in [4.78, 5) is 13.8. The van der Waals surface area contributed by atoms with E-state index in [9.17, 15) is 17.6 Å². The van der Waals surface area contributed by atoms with E-state index in [4.69, 9.17) is 5.73 Å². The summed E-state index contributed by atoms with van der Waals surface area (Å²) in [5.41, 5.74) is 5.98. The molecule has 8 heteroatoms. The van der Waals surface area contributed by atoms with E-state index < -0.39 is 15.8 Å². The highest BCUT2D eigenvalue weighted by molar-refractivity contribution is 7.89. The highest BCUT2D eigenvalue weighted by Gasteiger charge is 2.21. The van der Waals surface area contributed by atoms with Gasteiger partial charge in [0.15, 0.2) is 0 Å². The van der Waals surface area contributed by atoms with E-state index in [-0.39, 0.29) is 29.8 Å². The van der Waals surface area contributed by atoms with Crippen LogP contribution in [-0.2, 0) is 14.8 Å². The lowest BCUT2D eigenvalue weighted by molar-refractivity contribution is -0.130. The molecule has 0 aromatic heterocycles. The number of carbonyl (C=O) groups is 1. The Morgan fingerprint density at radius 2 is 1.73 bits per heavy atom. The number of nitrogens with two attached hydrogens (primary N) is 1. The predicted octanol–water partition coefficient (Wildman–Crippen LogP) is 2.06. The zero-order valence-corrected chi connectivity index (χ0v) is 16.8. The second kappa shape index (κ2) is 9.99. The second-order valence-corrected chi connectivity index (χ2v) is 8.94. The van der Waals surface area contributed by atoms with Crippen molar-refractivity contribution in [2.24, 2.45) is 11.7 Å². The number of halogens is 1. The van der Waals surface area contributed by atoms with Crippen LogP contribution in [0.5, 0.6) is 0 Å². The molecule has 1 rings (SSSR count). The molecule has 6 nitrogen and oxygen atoms in total. The smallest absolute Gasteiger partial charge is 0.242 e. The van der Waals surface area contributed by atoms with Crippen LogP contribution in [0.3, 0.4) is 0 Å². The summed E-state index contributed by atoms with van der Waals surface area (Å²) < 4.78 is 38.9. The number of amides is 1. The van der Waals surface area contributed by atoms with Crippen LogP contribution in [-0.4, -0.2) is 56.8 Å². The first-order valence-electron chi connectivity index (χ1n) is 8.77. The highest BCUT2D eigenvalue weighted by Crippen LogP contribution is 2.15. The van der Waals surface area contributed by atoms with Crippen molar-refractivity contribution in [1.82, 2.24) is 9.21 Å². The second-order valence-electron chi connectivity index (χ2n) is 6.90. The Hall–Kier alpha value is -1.51. The molecule has 148 valence electrons. The van der Waals surface area contributed by atoms with Crippen LogP contribution in [0.1, 0.15) is 33.1 Å². The Labute approximate surface area is 156 Å². The van der Waals surface area contributed by atoms with Gasteiger partial charge >= 0.3 is 0 Å². The minimum atomic E-state index is -3.68. The third-order valence-electron chi connectivity index (χ3n) is 4.47. The maximum atomic E-state index is 12.9. The summed E-state index contributed by atoms with van der Waals surface area (Å²) in [5.74, 6) is -0.158. The molecule has 1 aromatic rings. The standard InChI is InChI=1S/C18H30FN3O3S/c1-14(2)17(20)11-13-21(3)18(23)6-5-12-22(4)26(24,25)16-9-7-15(19)8-10-16/h7-10,14,17H,5-6,11-13,20H2,1-4H3. The van der Waals surface area contributed by atoms with Crippen molar-refractivity contribution in [3.8, 4) is 0 Å². The van der Waals surface area contributed by atoms with Crippen molar-refractivity contribution in [1.29, 1.82) is 0 Å². The molecule has 0 heterocycles. The fourth-order valence-corrected chi connectivity index (χ4v) is 3.56. The molecular weight excluding hydrogens is 357 g/mol. The molecule has 0 aliphatic carbocycles. The monoisotopic (exact) mass is 387 g/mol. The van der Waals surface area contributed by atoms with E-state index in [1.807, 2.05) is 13.8 Å². The molecule has 26 heavy (non-hydrogen) atoms. The average Bonchev–Trinajstić information content (AvgIpc) is 2.59. The van der Waals surface area contributed by atoms with Gasteiger partial charge in [-0.2, -0.15) is 0 Å². The summed E-state index contributed by atoms with van der Waals surface area (Å²) in [7, 11) is -0.496. The normalized spacial score (nSPS) is 13.2. The van der Waals surface area contributed by atoms with Crippen LogP contribution in [0.15, 0.2) is 29.2 Å². The van der Waals surface area contributed by atoms with Gasteiger partial charge in [0.2, 0.25) is 15.9 Å². The molecule has 0 saturated carbocycles. The molecule has 0 bridgehead atoms. The van der Waals surface area contributed by atoms with E-state index in [1.54, 1.807) is 11.9 Å². The minimum absolute atomic E-state index is 0.0338. The Balaban J connectivity index is 2.46. The van der Waals surface area contributed by atoms with Crippen LogP contribution in [0.25, 0.3) is 0 Å². The van der Waals surface area contributed by atoms with Crippen molar-refractivity contribution < 1.29 is 17.6 Å². The minimum Gasteiger partial charge on any atom is -0.346 e. The number of benzene rings is 1. The van der Waals surface area contributed by atoms with Crippen molar-refractivity contribution in [3.63, 3.8) is 0 Å². The zero-order valence-electron chi connectivity index (χ0n) is 16.0. The van der Waals surface area contributed by atoms with Crippen LogP contribution in [0, 0.1) is 11.7 Å². The summed E-state index contributed by atoms with van der Waals surface area (Å²) in [6.07, 6.45) is 1.41. The SMILES string of the molecule is CC(C)C(N)CCN(C)C(=O)CCCN(C)S(=O)(=O)c1ccc(F)cc1. The number of carbonyl (C=O) groups excluding carboxylic acids is 1. The molecule has 0 saturated heterocycles. The molecule has 1 aromatic carbocycles. The Morgan fingerprint density at radius 1 is 1.15 bits per heavy atom. The fourth-order valence-electron chi connectivity index (χ4n) is 2.35. The van der Waals surface area contributed by atoms with Crippen molar-refractivity contribution >= 4 is 15.9 Å². The largest absolute Gasteiger partial charge is 0.346 e. The number of nitrogens with zero attached hydrogens (tertiary/aromatic N) is 2. The average molecular weight is 388 g/mol. The molecule has 0 aliphatic rings. The zero-order chi connectivity index (χ0) is 19.9. The number of hydrogen-bond donors (Lipinski definition) is 1. The van der Waals surface area contributed by atoms with Gasteiger partial charge in [0.1, 0.15) is 5.82 Å². The van der Waals surface area contributed by atoms with Gasteiger partial charge in [-0.1, -0.05) is 13.8 Å². The number of hydrogen-bond acceptors (Lipinski definition) is 4.